The van der Waals surface area contributed by atoms with Gasteiger partial charge in [-0.3, -0.25) is 9.69 Å². The zero-order chi connectivity index (χ0) is 17.7. The topological polar surface area (TPSA) is 74.3 Å². The van der Waals surface area contributed by atoms with Crippen molar-refractivity contribution in [1.29, 1.82) is 0 Å². The monoisotopic (exact) mass is 364 g/mol. The number of aromatic nitrogens is 1. The molecule has 1 fully saturated rings. The molecule has 0 spiro atoms. The summed E-state index contributed by atoms with van der Waals surface area (Å²) in [4.78, 5) is 30.4. The van der Waals surface area contributed by atoms with Gasteiger partial charge in [-0.05, 0) is 29.3 Å². The van der Waals surface area contributed by atoms with E-state index >= 15 is 0 Å². The lowest BCUT2D eigenvalue weighted by Crippen LogP contribution is -2.28. The van der Waals surface area contributed by atoms with Crippen molar-refractivity contribution in [3.63, 3.8) is 0 Å². The van der Waals surface area contributed by atoms with Crippen LogP contribution in [0.1, 0.15) is 23.5 Å². The zero-order valence-electron chi connectivity index (χ0n) is 13.9. The molecule has 2 N–H and O–H groups in total. The summed E-state index contributed by atoms with van der Waals surface area (Å²) in [5.41, 5.74) is 6.60. The normalized spacial score (nSPS) is 19.4. The van der Waals surface area contributed by atoms with E-state index in [4.69, 9.17) is 0 Å². The molecule has 6 nitrogen and oxygen atoms in total. The number of anilines is 2. The van der Waals surface area contributed by atoms with Crippen LogP contribution in [0.3, 0.4) is 0 Å². The van der Waals surface area contributed by atoms with Crippen LogP contribution in [0.4, 0.5) is 16.2 Å². The molecule has 1 saturated heterocycles. The molecular formula is C19H16N4O2S. The predicted molar refractivity (Wildman–Crippen MR) is 102 cm³/mol. The maximum atomic E-state index is 12.4. The number of nitrogens with zero attached hydrogens (tertiary/aromatic N) is 2. The van der Waals surface area contributed by atoms with Crippen molar-refractivity contribution < 1.29 is 9.59 Å². The molecule has 2 aromatic carbocycles. The number of hydrogen-bond donors (Lipinski definition) is 2. The number of benzene rings is 2. The molecule has 3 aromatic rings. The molecular weight excluding hydrogens is 348 g/mol. The molecule has 0 bridgehead atoms. The fraction of sp³-hybridized carbons (Fsp3) is 0.211. The van der Waals surface area contributed by atoms with Gasteiger partial charge in [0, 0.05) is 36.8 Å². The predicted octanol–water partition coefficient (Wildman–Crippen LogP) is 3.30. The number of fused-ring (bicyclic) bond motifs is 2. The molecule has 130 valence electrons. The Hall–Kier alpha value is -2.93. The summed E-state index contributed by atoms with van der Waals surface area (Å²) in [6, 6.07) is 11.9. The number of thiazole rings is 1. The SMILES string of the molecule is O=C1CC(c2cccc3ncsc23)c2ccc(N3CCNC3=O)cc2N1. The quantitative estimate of drug-likeness (QED) is 0.733. The first-order chi connectivity index (χ1) is 12.7. The fourth-order valence-electron chi connectivity index (χ4n) is 3.80. The first kappa shape index (κ1) is 15.3. The Morgan fingerprint density at radius 3 is 2.92 bits per heavy atom. The van der Waals surface area contributed by atoms with Crippen LogP contribution in [0.5, 0.6) is 0 Å². The van der Waals surface area contributed by atoms with Crippen LogP contribution in [0.2, 0.25) is 0 Å². The lowest BCUT2D eigenvalue weighted by atomic mass is 9.84. The number of amides is 3. The van der Waals surface area contributed by atoms with Gasteiger partial charge in [-0.2, -0.15) is 0 Å². The molecule has 1 atom stereocenters. The third-order valence-corrected chi connectivity index (χ3v) is 5.90. The van der Waals surface area contributed by atoms with E-state index in [-0.39, 0.29) is 17.9 Å². The minimum Gasteiger partial charge on any atom is -0.336 e. The van der Waals surface area contributed by atoms with E-state index in [1.165, 1.54) is 0 Å². The molecule has 1 unspecified atom stereocenters. The lowest BCUT2D eigenvalue weighted by molar-refractivity contribution is -0.116. The highest BCUT2D eigenvalue weighted by molar-refractivity contribution is 7.17. The van der Waals surface area contributed by atoms with Gasteiger partial charge in [0.15, 0.2) is 0 Å². The van der Waals surface area contributed by atoms with Crippen molar-refractivity contribution >= 4 is 44.9 Å². The summed E-state index contributed by atoms with van der Waals surface area (Å²) in [5, 5.41) is 5.77. The van der Waals surface area contributed by atoms with Crippen LogP contribution in [0, 0.1) is 0 Å². The summed E-state index contributed by atoms with van der Waals surface area (Å²) in [6.07, 6.45) is 0.410. The lowest BCUT2D eigenvalue weighted by Gasteiger charge is -2.27. The van der Waals surface area contributed by atoms with E-state index in [0.29, 0.717) is 19.5 Å². The van der Waals surface area contributed by atoms with Crippen molar-refractivity contribution in [3.8, 4) is 0 Å². The molecule has 1 aromatic heterocycles. The number of urea groups is 1. The van der Waals surface area contributed by atoms with E-state index in [2.05, 4.69) is 21.7 Å². The summed E-state index contributed by atoms with van der Waals surface area (Å²) < 4.78 is 1.13. The van der Waals surface area contributed by atoms with E-state index in [9.17, 15) is 9.59 Å². The van der Waals surface area contributed by atoms with Crippen LogP contribution in [-0.2, 0) is 4.79 Å². The molecule has 3 heterocycles. The highest BCUT2D eigenvalue weighted by Gasteiger charge is 2.30. The second-order valence-corrected chi connectivity index (χ2v) is 7.36. The van der Waals surface area contributed by atoms with Crippen molar-refractivity contribution in [3.05, 3.63) is 53.0 Å². The molecule has 0 saturated carbocycles. The number of rotatable bonds is 2. The Balaban J connectivity index is 1.61. The first-order valence-corrected chi connectivity index (χ1v) is 9.40. The second kappa shape index (κ2) is 5.81. The summed E-state index contributed by atoms with van der Waals surface area (Å²) in [5.74, 6) is -0.0172. The number of carbonyl (C=O) groups is 2. The number of carbonyl (C=O) groups excluding carboxylic acids is 2. The zero-order valence-corrected chi connectivity index (χ0v) is 14.7. The Morgan fingerprint density at radius 2 is 2.08 bits per heavy atom. The van der Waals surface area contributed by atoms with Gasteiger partial charge >= 0.3 is 6.03 Å². The highest BCUT2D eigenvalue weighted by atomic mass is 32.1. The molecule has 0 radical (unpaired) electrons. The Morgan fingerprint density at radius 1 is 1.15 bits per heavy atom. The van der Waals surface area contributed by atoms with Gasteiger partial charge in [0.25, 0.3) is 0 Å². The van der Waals surface area contributed by atoms with Gasteiger partial charge in [0.2, 0.25) is 5.91 Å². The minimum atomic E-state index is -0.0990. The molecule has 7 heteroatoms. The van der Waals surface area contributed by atoms with Gasteiger partial charge in [0.1, 0.15) is 0 Å². The van der Waals surface area contributed by atoms with Gasteiger partial charge in [-0.15, -0.1) is 11.3 Å². The van der Waals surface area contributed by atoms with Gasteiger partial charge in [0.05, 0.1) is 15.7 Å². The standard InChI is InChI=1S/C19H16N4O2S/c24-17-9-14(13-2-1-3-15-18(13)26-10-21-15)12-5-4-11(8-16(12)22-17)23-7-6-20-19(23)25/h1-5,8,10,14H,6-7,9H2,(H,20,25)(H,22,24). The molecule has 26 heavy (non-hydrogen) atoms. The largest absolute Gasteiger partial charge is 0.336 e. The van der Waals surface area contributed by atoms with Crippen molar-refractivity contribution in [2.75, 3.05) is 23.3 Å². The third-order valence-electron chi connectivity index (χ3n) is 5.01. The molecule has 2 aliphatic heterocycles. The Labute approximate surface area is 153 Å². The smallest absolute Gasteiger partial charge is 0.321 e. The third kappa shape index (κ3) is 2.35. The molecule has 5 rings (SSSR count). The minimum absolute atomic E-state index is 0.00737. The van der Waals surface area contributed by atoms with Crippen LogP contribution in [0.25, 0.3) is 10.2 Å². The van der Waals surface area contributed by atoms with Gasteiger partial charge < -0.3 is 10.6 Å². The Bertz CT molecular complexity index is 1040. The van der Waals surface area contributed by atoms with Crippen LogP contribution >= 0.6 is 11.3 Å². The summed E-state index contributed by atoms with van der Waals surface area (Å²) in [6.45, 7) is 1.27. The maximum absolute atomic E-state index is 12.4. The van der Waals surface area contributed by atoms with Crippen LogP contribution in [-0.4, -0.2) is 30.0 Å². The summed E-state index contributed by atoms with van der Waals surface area (Å²) in [7, 11) is 0. The molecule has 3 amide bonds. The van der Waals surface area contributed by atoms with Crippen LogP contribution in [0.15, 0.2) is 41.9 Å². The number of nitrogens with one attached hydrogen (secondary N) is 2. The van der Waals surface area contributed by atoms with E-state index in [0.717, 1.165) is 32.7 Å². The Kier molecular flexibility index (Phi) is 3.43. The molecule has 0 aliphatic carbocycles. The second-order valence-electron chi connectivity index (χ2n) is 6.51. The average Bonchev–Trinajstić information content (AvgIpc) is 3.28. The maximum Gasteiger partial charge on any atom is 0.321 e. The van der Waals surface area contributed by atoms with E-state index in [1.807, 2.05) is 35.8 Å². The van der Waals surface area contributed by atoms with E-state index < -0.39 is 0 Å². The van der Waals surface area contributed by atoms with Crippen molar-refractivity contribution in [2.24, 2.45) is 0 Å². The van der Waals surface area contributed by atoms with Crippen LogP contribution < -0.4 is 15.5 Å². The van der Waals surface area contributed by atoms with E-state index in [1.54, 1.807) is 16.2 Å². The molecule has 2 aliphatic rings. The fourth-order valence-corrected chi connectivity index (χ4v) is 4.66. The van der Waals surface area contributed by atoms with Gasteiger partial charge in [-0.25, -0.2) is 9.78 Å². The average molecular weight is 364 g/mol. The highest BCUT2D eigenvalue weighted by Crippen LogP contribution is 2.42. The summed E-state index contributed by atoms with van der Waals surface area (Å²) >= 11 is 1.60. The van der Waals surface area contributed by atoms with Crippen molar-refractivity contribution in [2.45, 2.75) is 12.3 Å². The number of hydrogen-bond acceptors (Lipinski definition) is 4. The van der Waals surface area contributed by atoms with Crippen molar-refractivity contribution in [1.82, 2.24) is 10.3 Å². The van der Waals surface area contributed by atoms with Gasteiger partial charge in [-0.1, -0.05) is 18.2 Å². The first-order valence-electron chi connectivity index (χ1n) is 8.52.